The summed E-state index contributed by atoms with van der Waals surface area (Å²) in [6.07, 6.45) is -1.37. The molecule has 0 aliphatic carbocycles. The van der Waals surface area contributed by atoms with E-state index < -0.39 is 6.43 Å². The highest BCUT2D eigenvalue weighted by atomic mass is 19.3. The van der Waals surface area contributed by atoms with Gasteiger partial charge in [-0.15, -0.1) is 0 Å². The summed E-state index contributed by atoms with van der Waals surface area (Å²) in [6.45, 7) is 1.24. The number of likely N-dealkylation sites (tertiary alicyclic amines) is 1. The lowest BCUT2D eigenvalue weighted by atomic mass is 9.98. The standard InChI is InChI=1S/C14H19F2NO2/c1-18-12-5-11(6-13(7-12)19-2)10-3-4-17(8-10)9-14(15)16/h5-7,10,14H,3-4,8-9H2,1-2H3/t10-/m0/s1. The topological polar surface area (TPSA) is 21.7 Å². The summed E-state index contributed by atoms with van der Waals surface area (Å²) in [5.74, 6) is 1.74. The minimum absolute atomic E-state index is 0.141. The molecule has 1 aromatic rings. The lowest BCUT2D eigenvalue weighted by Crippen LogP contribution is -2.26. The van der Waals surface area contributed by atoms with Crippen LogP contribution in [0.25, 0.3) is 0 Å². The first kappa shape index (κ1) is 14.1. The first-order valence-corrected chi connectivity index (χ1v) is 6.36. The molecule has 0 unspecified atom stereocenters. The summed E-state index contributed by atoms with van der Waals surface area (Å²) in [5, 5.41) is 0. The Kier molecular flexibility index (Phi) is 4.58. The molecule has 0 radical (unpaired) electrons. The average molecular weight is 271 g/mol. The van der Waals surface area contributed by atoms with Crippen LogP contribution in [0.15, 0.2) is 18.2 Å². The molecule has 3 nitrogen and oxygen atoms in total. The van der Waals surface area contributed by atoms with E-state index in [1.165, 1.54) is 0 Å². The Hall–Kier alpha value is -1.36. The fourth-order valence-corrected chi connectivity index (χ4v) is 2.53. The number of alkyl halides is 2. The second-order valence-electron chi connectivity index (χ2n) is 4.78. The summed E-state index contributed by atoms with van der Waals surface area (Å²) >= 11 is 0. The molecule has 1 heterocycles. The molecular weight excluding hydrogens is 252 g/mol. The lowest BCUT2D eigenvalue weighted by Gasteiger charge is -2.16. The molecule has 0 amide bonds. The molecule has 1 saturated heterocycles. The zero-order valence-electron chi connectivity index (χ0n) is 11.2. The molecule has 106 valence electrons. The van der Waals surface area contributed by atoms with Crippen molar-refractivity contribution in [3.05, 3.63) is 23.8 Å². The van der Waals surface area contributed by atoms with Gasteiger partial charge in [0, 0.05) is 12.6 Å². The number of hydrogen-bond donors (Lipinski definition) is 0. The Bertz CT molecular complexity index is 404. The van der Waals surface area contributed by atoms with Crippen molar-refractivity contribution in [2.24, 2.45) is 0 Å². The molecule has 0 N–H and O–H groups in total. The average Bonchev–Trinajstić information content (AvgIpc) is 2.85. The van der Waals surface area contributed by atoms with Gasteiger partial charge in [0.2, 0.25) is 0 Å². The van der Waals surface area contributed by atoms with Crippen molar-refractivity contribution in [2.45, 2.75) is 18.8 Å². The summed E-state index contributed by atoms with van der Waals surface area (Å²) in [6, 6.07) is 5.73. The van der Waals surface area contributed by atoms with Crippen molar-refractivity contribution < 1.29 is 18.3 Å². The quantitative estimate of drug-likeness (QED) is 0.822. The van der Waals surface area contributed by atoms with E-state index in [0.717, 1.165) is 23.5 Å². The molecule has 1 aliphatic rings. The summed E-state index contributed by atoms with van der Waals surface area (Å²) < 4.78 is 35.2. The predicted octanol–water partition coefficient (Wildman–Crippen LogP) is 2.76. The van der Waals surface area contributed by atoms with Crippen LogP contribution in [-0.2, 0) is 0 Å². The van der Waals surface area contributed by atoms with Crippen LogP contribution in [0.1, 0.15) is 17.9 Å². The van der Waals surface area contributed by atoms with Crippen LogP contribution < -0.4 is 9.47 Å². The molecule has 1 aliphatic heterocycles. The normalized spacial score (nSPS) is 19.9. The van der Waals surface area contributed by atoms with Gasteiger partial charge in [0.1, 0.15) is 11.5 Å². The molecule has 0 aromatic heterocycles. The molecule has 19 heavy (non-hydrogen) atoms. The van der Waals surface area contributed by atoms with Crippen LogP contribution in [0.3, 0.4) is 0 Å². The zero-order chi connectivity index (χ0) is 13.8. The van der Waals surface area contributed by atoms with Gasteiger partial charge in [0.25, 0.3) is 6.43 Å². The van der Waals surface area contributed by atoms with E-state index in [-0.39, 0.29) is 12.5 Å². The van der Waals surface area contributed by atoms with Gasteiger partial charge in [0.05, 0.1) is 20.8 Å². The number of rotatable bonds is 5. The highest BCUT2D eigenvalue weighted by molar-refractivity contribution is 5.40. The number of ether oxygens (including phenoxy) is 2. The van der Waals surface area contributed by atoms with Crippen molar-refractivity contribution in [3.63, 3.8) is 0 Å². The highest BCUT2D eigenvalue weighted by Gasteiger charge is 2.26. The molecule has 1 aromatic carbocycles. The maximum Gasteiger partial charge on any atom is 0.251 e. The van der Waals surface area contributed by atoms with E-state index >= 15 is 0 Å². The minimum atomic E-state index is -2.27. The smallest absolute Gasteiger partial charge is 0.251 e. The maximum atomic E-state index is 12.4. The van der Waals surface area contributed by atoms with Crippen molar-refractivity contribution in [3.8, 4) is 11.5 Å². The molecule has 0 spiro atoms. The van der Waals surface area contributed by atoms with E-state index in [9.17, 15) is 8.78 Å². The summed E-state index contributed by atoms with van der Waals surface area (Å²) in [5.41, 5.74) is 1.09. The van der Waals surface area contributed by atoms with Crippen LogP contribution in [0.2, 0.25) is 0 Å². The Morgan fingerprint density at radius 3 is 2.37 bits per heavy atom. The first-order valence-electron chi connectivity index (χ1n) is 6.36. The van der Waals surface area contributed by atoms with Gasteiger partial charge >= 0.3 is 0 Å². The Balaban J connectivity index is 2.10. The number of halogens is 2. The monoisotopic (exact) mass is 271 g/mol. The molecule has 1 fully saturated rings. The number of methoxy groups -OCH3 is 2. The van der Waals surface area contributed by atoms with Crippen LogP contribution in [0.4, 0.5) is 8.78 Å². The molecule has 0 bridgehead atoms. The lowest BCUT2D eigenvalue weighted by molar-refractivity contribution is 0.0990. The second-order valence-corrected chi connectivity index (χ2v) is 4.78. The summed E-state index contributed by atoms with van der Waals surface area (Å²) in [7, 11) is 3.21. The third-order valence-electron chi connectivity index (χ3n) is 3.51. The van der Waals surface area contributed by atoms with E-state index in [1.807, 2.05) is 18.2 Å². The molecule has 0 saturated carbocycles. The van der Waals surface area contributed by atoms with Crippen molar-refractivity contribution >= 4 is 0 Å². The maximum absolute atomic E-state index is 12.4. The predicted molar refractivity (Wildman–Crippen MR) is 69.3 cm³/mol. The summed E-state index contributed by atoms with van der Waals surface area (Å²) in [4.78, 5) is 1.81. The van der Waals surface area contributed by atoms with Gasteiger partial charge in [-0.05, 0) is 36.6 Å². The Morgan fingerprint density at radius 1 is 1.21 bits per heavy atom. The van der Waals surface area contributed by atoms with Crippen molar-refractivity contribution in [2.75, 3.05) is 33.9 Å². The molecule has 5 heteroatoms. The third-order valence-corrected chi connectivity index (χ3v) is 3.51. The SMILES string of the molecule is COc1cc(OC)cc([C@H]2CCN(CC(F)F)C2)c1. The van der Waals surface area contributed by atoms with Gasteiger partial charge in [-0.25, -0.2) is 8.78 Å². The van der Waals surface area contributed by atoms with Crippen LogP contribution in [-0.4, -0.2) is 45.2 Å². The molecular formula is C14H19F2NO2. The molecule has 2 rings (SSSR count). The number of nitrogens with zero attached hydrogens (tertiary/aromatic N) is 1. The van der Waals surface area contributed by atoms with E-state index in [0.29, 0.717) is 13.1 Å². The fourth-order valence-electron chi connectivity index (χ4n) is 2.53. The van der Waals surface area contributed by atoms with Crippen LogP contribution >= 0.6 is 0 Å². The number of hydrogen-bond acceptors (Lipinski definition) is 3. The first-order chi connectivity index (χ1) is 9.12. The Labute approximate surface area is 112 Å². The van der Waals surface area contributed by atoms with Crippen molar-refractivity contribution in [1.82, 2.24) is 4.90 Å². The van der Waals surface area contributed by atoms with Gasteiger partial charge < -0.3 is 9.47 Å². The molecule has 1 atom stereocenters. The van der Waals surface area contributed by atoms with Crippen molar-refractivity contribution in [1.29, 1.82) is 0 Å². The van der Waals surface area contributed by atoms with E-state index in [1.54, 1.807) is 19.1 Å². The van der Waals surface area contributed by atoms with Crippen LogP contribution in [0, 0.1) is 0 Å². The largest absolute Gasteiger partial charge is 0.497 e. The third kappa shape index (κ3) is 3.56. The zero-order valence-corrected chi connectivity index (χ0v) is 11.2. The minimum Gasteiger partial charge on any atom is -0.497 e. The highest BCUT2D eigenvalue weighted by Crippen LogP contribution is 2.32. The van der Waals surface area contributed by atoms with E-state index in [4.69, 9.17) is 9.47 Å². The van der Waals surface area contributed by atoms with Gasteiger partial charge in [0.15, 0.2) is 0 Å². The van der Waals surface area contributed by atoms with Crippen LogP contribution in [0.5, 0.6) is 11.5 Å². The van der Waals surface area contributed by atoms with E-state index in [2.05, 4.69) is 0 Å². The van der Waals surface area contributed by atoms with Gasteiger partial charge in [-0.3, -0.25) is 4.90 Å². The number of benzene rings is 1. The van der Waals surface area contributed by atoms with Gasteiger partial charge in [-0.1, -0.05) is 0 Å². The Morgan fingerprint density at radius 2 is 1.84 bits per heavy atom. The second kappa shape index (κ2) is 6.19. The fraction of sp³-hybridized carbons (Fsp3) is 0.571. The van der Waals surface area contributed by atoms with Gasteiger partial charge in [-0.2, -0.15) is 0 Å².